The Kier molecular flexibility index (Phi) is 4.12. The largest absolute Gasteiger partial charge is 0.503 e. The van der Waals surface area contributed by atoms with Gasteiger partial charge >= 0.3 is 0 Å². The van der Waals surface area contributed by atoms with Crippen LogP contribution in [0.25, 0.3) is 0 Å². The first-order valence-electron chi connectivity index (χ1n) is 7.25. The molecule has 0 radical (unpaired) electrons. The average molecular weight is 353 g/mol. The van der Waals surface area contributed by atoms with Crippen molar-refractivity contribution >= 4 is 33.8 Å². The molecule has 7 heteroatoms. The highest BCUT2D eigenvalue weighted by molar-refractivity contribution is 7.16. The van der Waals surface area contributed by atoms with Crippen LogP contribution in [-0.4, -0.2) is 17.6 Å². The predicted octanol–water partition coefficient (Wildman–Crippen LogP) is 3.98. The van der Waals surface area contributed by atoms with Gasteiger partial charge in [-0.1, -0.05) is 11.6 Å². The number of hydrogen-bond donors (Lipinski definition) is 3. The van der Waals surface area contributed by atoms with Crippen LogP contribution in [0.5, 0.6) is 11.5 Å². The van der Waals surface area contributed by atoms with Gasteiger partial charge in [0, 0.05) is 4.88 Å². The van der Waals surface area contributed by atoms with Crippen molar-refractivity contribution in [3.05, 3.63) is 38.7 Å². The van der Waals surface area contributed by atoms with Gasteiger partial charge in [-0.25, -0.2) is 0 Å². The van der Waals surface area contributed by atoms with Crippen LogP contribution < -0.4 is 15.4 Å². The van der Waals surface area contributed by atoms with Crippen LogP contribution in [-0.2, 0) is 0 Å². The van der Waals surface area contributed by atoms with Crippen molar-refractivity contribution < 1.29 is 14.6 Å². The summed E-state index contributed by atoms with van der Waals surface area (Å²) < 4.78 is 5.40. The molecule has 0 bridgehead atoms. The molecule has 1 unspecified atom stereocenters. The van der Waals surface area contributed by atoms with Crippen LogP contribution >= 0.6 is 22.9 Å². The zero-order valence-corrected chi connectivity index (χ0v) is 14.6. The summed E-state index contributed by atoms with van der Waals surface area (Å²) in [6.07, 6.45) is -0.426. The van der Waals surface area contributed by atoms with Crippen LogP contribution in [0.3, 0.4) is 0 Å². The maximum absolute atomic E-state index is 12.4. The molecule has 122 valence electrons. The van der Waals surface area contributed by atoms with Gasteiger partial charge in [-0.15, -0.1) is 11.3 Å². The molecule has 1 atom stereocenters. The standard InChI is InChI=1S/C16H17ClN2O3S/c1-4-22-11-6-9(5-10(17)13(11)20)14-18-15(21)12-7(2)8(3)23-16(12)19-14/h5-6,14,19-20H,4H2,1-3H3,(H,18,21). The van der Waals surface area contributed by atoms with Crippen molar-refractivity contribution in [2.45, 2.75) is 26.9 Å². The van der Waals surface area contributed by atoms with E-state index < -0.39 is 6.17 Å². The minimum absolute atomic E-state index is 0.0945. The predicted molar refractivity (Wildman–Crippen MR) is 91.9 cm³/mol. The lowest BCUT2D eigenvalue weighted by Gasteiger charge is -2.27. The number of phenols is 1. The van der Waals surface area contributed by atoms with E-state index in [1.54, 1.807) is 23.5 Å². The number of carbonyl (C=O) groups is 1. The van der Waals surface area contributed by atoms with E-state index in [4.69, 9.17) is 16.3 Å². The Hall–Kier alpha value is -1.92. The Bertz CT molecular complexity index is 788. The number of fused-ring (bicyclic) bond motifs is 1. The molecule has 3 N–H and O–H groups in total. The van der Waals surface area contributed by atoms with E-state index in [1.165, 1.54) is 0 Å². The van der Waals surface area contributed by atoms with Gasteiger partial charge in [0.25, 0.3) is 5.91 Å². The number of benzene rings is 1. The van der Waals surface area contributed by atoms with Gasteiger partial charge in [-0.2, -0.15) is 0 Å². The first-order chi connectivity index (χ1) is 10.9. The highest BCUT2D eigenvalue weighted by atomic mass is 35.5. The zero-order valence-electron chi connectivity index (χ0n) is 13.0. The van der Waals surface area contributed by atoms with Crippen LogP contribution in [0.1, 0.15) is 39.5 Å². The molecule has 1 aromatic heterocycles. The summed E-state index contributed by atoms with van der Waals surface area (Å²) in [5.41, 5.74) is 2.41. The monoisotopic (exact) mass is 352 g/mol. The molecule has 0 aliphatic carbocycles. The smallest absolute Gasteiger partial charge is 0.256 e. The Morgan fingerprint density at radius 1 is 1.35 bits per heavy atom. The number of phenolic OH excluding ortho intramolecular Hbond substituents is 1. The Morgan fingerprint density at radius 2 is 2.09 bits per heavy atom. The average Bonchev–Trinajstić information content (AvgIpc) is 2.79. The molecule has 5 nitrogen and oxygen atoms in total. The number of nitrogens with one attached hydrogen (secondary N) is 2. The van der Waals surface area contributed by atoms with Crippen molar-refractivity contribution in [2.75, 3.05) is 11.9 Å². The number of hydrogen-bond acceptors (Lipinski definition) is 5. The maximum Gasteiger partial charge on any atom is 0.256 e. The second kappa shape index (κ2) is 5.94. The number of aromatic hydroxyl groups is 1. The van der Waals surface area contributed by atoms with E-state index in [9.17, 15) is 9.90 Å². The highest BCUT2D eigenvalue weighted by Crippen LogP contribution is 2.40. The van der Waals surface area contributed by atoms with Crippen LogP contribution in [0.4, 0.5) is 5.00 Å². The van der Waals surface area contributed by atoms with Crippen molar-refractivity contribution in [1.82, 2.24) is 5.32 Å². The molecule has 0 fully saturated rings. The van der Waals surface area contributed by atoms with E-state index in [2.05, 4.69) is 10.6 Å². The van der Waals surface area contributed by atoms with E-state index in [0.717, 1.165) is 21.0 Å². The van der Waals surface area contributed by atoms with Crippen molar-refractivity contribution in [3.63, 3.8) is 0 Å². The van der Waals surface area contributed by atoms with E-state index in [1.807, 2.05) is 20.8 Å². The quantitative estimate of drug-likeness (QED) is 0.781. The molecule has 2 heterocycles. The molecule has 2 aromatic rings. The number of rotatable bonds is 3. The number of anilines is 1. The molecule has 1 aliphatic heterocycles. The Balaban J connectivity index is 1.99. The van der Waals surface area contributed by atoms with Gasteiger partial charge in [0.1, 0.15) is 11.2 Å². The summed E-state index contributed by atoms with van der Waals surface area (Å²) in [6, 6.07) is 3.30. The van der Waals surface area contributed by atoms with Crippen molar-refractivity contribution in [1.29, 1.82) is 0 Å². The second-order valence-electron chi connectivity index (χ2n) is 5.32. The molecule has 0 saturated carbocycles. The van der Waals surface area contributed by atoms with Gasteiger partial charge in [-0.05, 0) is 44.0 Å². The third-order valence-corrected chi connectivity index (χ3v) is 5.27. The minimum atomic E-state index is -0.426. The number of aryl methyl sites for hydroxylation is 1. The lowest BCUT2D eigenvalue weighted by Crippen LogP contribution is -2.38. The molecule has 1 amide bonds. The third-order valence-electron chi connectivity index (χ3n) is 3.85. The van der Waals surface area contributed by atoms with Gasteiger partial charge in [-0.3, -0.25) is 4.79 Å². The van der Waals surface area contributed by atoms with Gasteiger partial charge < -0.3 is 20.5 Å². The number of thiophene rings is 1. The van der Waals surface area contributed by atoms with Crippen molar-refractivity contribution in [2.24, 2.45) is 0 Å². The zero-order chi connectivity index (χ0) is 16.7. The lowest BCUT2D eigenvalue weighted by atomic mass is 10.1. The molecule has 0 saturated heterocycles. The summed E-state index contributed by atoms with van der Waals surface area (Å²) in [4.78, 5) is 13.5. The molecular weight excluding hydrogens is 336 g/mol. The van der Waals surface area contributed by atoms with Crippen LogP contribution in [0.15, 0.2) is 12.1 Å². The first kappa shape index (κ1) is 16.0. The first-order valence-corrected chi connectivity index (χ1v) is 8.44. The third kappa shape index (κ3) is 2.72. The van der Waals surface area contributed by atoms with E-state index in [0.29, 0.717) is 17.9 Å². The molecule has 23 heavy (non-hydrogen) atoms. The molecular formula is C16H17ClN2O3S. The Morgan fingerprint density at radius 3 is 2.78 bits per heavy atom. The summed E-state index contributed by atoms with van der Waals surface area (Å²) >= 11 is 7.63. The fourth-order valence-corrected chi connectivity index (χ4v) is 3.87. The second-order valence-corrected chi connectivity index (χ2v) is 6.95. The van der Waals surface area contributed by atoms with Gasteiger partial charge in [0.15, 0.2) is 11.5 Å². The molecule has 0 spiro atoms. The molecule has 1 aliphatic rings. The molecule has 3 rings (SSSR count). The van der Waals surface area contributed by atoms with Gasteiger partial charge in [0.2, 0.25) is 0 Å². The fourth-order valence-electron chi connectivity index (χ4n) is 2.57. The fraction of sp³-hybridized carbons (Fsp3) is 0.312. The lowest BCUT2D eigenvalue weighted by molar-refractivity contribution is 0.0935. The minimum Gasteiger partial charge on any atom is -0.503 e. The number of carbonyl (C=O) groups excluding carboxylic acids is 1. The maximum atomic E-state index is 12.4. The summed E-state index contributed by atoms with van der Waals surface area (Å²) in [6.45, 7) is 6.17. The number of ether oxygens (including phenoxy) is 1. The summed E-state index contributed by atoms with van der Waals surface area (Å²) in [7, 11) is 0. The van der Waals surface area contributed by atoms with Crippen LogP contribution in [0, 0.1) is 13.8 Å². The Labute approximate surface area is 143 Å². The molecule has 1 aromatic carbocycles. The SMILES string of the molecule is CCOc1cc(C2NC(=O)c3c(sc(C)c3C)N2)cc(Cl)c1O. The van der Waals surface area contributed by atoms with Gasteiger partial charge in [0.05, 0.1) is 17.2 Å². The van der Waals surface area contributed by atoms with Crippen LogP contribution in [0.2, 0.25) is 5.02 Å². The highest BCUT2D eigenvalue weighted by Gasteiger charge is 2.29. The number of halogens is 1. The van der Waals surface area contributed by atoms with E-state index >= 15 is 0 Å². The van der Waals surface area contributed by atoms with E-state index in [-0.39, 0.29) is 16.7 Å². The summed E-state index contributed by atoms with van der Waals surface area (Å²) in [5, 5.41) is 17.2. The van der Waals surface area contributed by atoms with Crippen molar-refractivity contribution in [3.8, 4) is 11.5 Å². The number of amides is 1. The summed E-state index contributed by atoms with van der Waals surface area (Å²) in [5.74, 6) is 0.0889. The normalized spacial score (nSPS) is 16.5. The topological polar surface area (TPSA) is 70.6 Å².